The number of halogens is 4. The van der Waals surface area contributed by atoms with Crippen molar-refractivity contribution < 1.29 is 23.2 Å². The summed E-state index contributed by atoms with van der Waals surface area (Å²) in [5.41, 5.74) is 7.95. The van der Waals surface area contributed by atoms with E-state index >= 15 is 0 Å². The fourth-order valence-corrected chi connectivity index (χ4v) is 6.97. The molecule has 40 heavy (non-hydrogen) atoms. The third-order valence-electron chi connectivity index (χ3n) is 8.04. The highest BCUT2D eigenvalue weighted by Crippen LogP contribution is 2.38. The third kappa shape index (κ3) is 7.73. The van der Waals surface area contributed by atoms with E-state index < -0.39 is 11.8 Å². The van der Waals surface area contributed by atoms with E-state index in [0.29, 0.717) is 78.5 Å². The van der Waals surface area contributed by atoms with Gasteiger partial charge in [-0.15, -0.1) is 0 Å². The molecule has 4 rings (SSSR count). The summed E-state index contributed by atoms with van der Waals surface area (Å²) in [5, 5.41) is 14.4. The molecule has 1 amide bonds. The molecule has 0 spiro atoms. The second-order valence-electron chi connectivity index (χ2n) is 10.7. The molecule has 1 saturated carbocycles. The lowest BCUT2D eigenvalue weighted by molar-refractivity contribution is -0.951. The Labute approximate surface area is 245 Å². The van der Waals surface area contributed by atoms with Crippen LogP contribution in [-0.4, -0.2) is 65.2 Å². The van der Waals surface area contributed by atoms with Crippen LogP contribution in [-0.2, 0) is 17.6 Å². The molecule has 0 saturated heterocycles. The zero-order chi connectivity index (χ0) is 28.9. The normalized spacial score (nSPS) is 17.2. The number of hydrogen-bond acceptors (Lipinski definition) is 5. The summed E-state index contributed by atoms with van der Waals surface area (Å²) in [5.74, 6) is -3.02. The van der Waals surface area contributed by atoms with E-state index in [4.69, 9.17) is 28.9 Å². The number of H-pyrrole nitrogens is 1. The van der Waals surface area contributed by atoms with Gasteiger partial charge in [-0.2, -0.15) is 0 Å². The van der Waals surface area contributed by atoms with Gasteiger partial charge in [0.25, 0.3) is 0 Å². The number of phenolic OH excluding ortho intramolecular Hbond substituents is 1. The maximum atomic E-state index is 14.1. The van der Waals surface area contributed by atoms with Crippen molar-refractivity contribution in [2.24, 2.45) is 5.73 Å². The van der Waals surface area contributed by atoms with Gasteiger partial charge in [0.15, 0.2) is 0 Å². The van der Waals surface area contributed by atoms with Crippen LogP contribution >= 0.6 is 34.5 Å². The predicted molar refractivity (Wildman–Crippen MR) is 157 cm³/mol. The molecule has 2 aromatic carbocycles. The summed E-state index contributed by atoms with van der Waals surface area (Å²) < 4.78 is 29.5. The molecule has 5 N–H and O–H groups in total. The largest absolute Gasteiger partial charge is 0.506 e. The number of carbonyl (C=O) groups is 1. The van der Waals surface area contributed by atoms with Gasteiger partial charge in [-0.3, -0.25) is 9.59 Å². The van der Waals surface area contributed by atoms with Gasteiger partial charge < -0.3 is 25.6 Å². The number of amides is 1. The first-order chi connectivity index (χ1) is 19.0. The molecule has 3 aromatic rings. The minimum atomic E-state index is -2.66. The number of aromatic amines is 1. The molecule has 1 atom stereocenters. The van der Waals surface area contributed by atoms with E-state index in [0.717, 1.165) is 27.2 Å². The lowest BCUT2D eigenvalue weighted by atomic mass is 9.88. The number of nitrogens with two attached hydrogens (primary N) is 1. The Morgan fingerprint density at radius 3 is 2.55 bits per heavy atom. The summed E-state index contributed by atoms with van der Waals surface area (Å²) >= 11 is 13.4. The highest BCUT2D eigenvalue weighted by Gasteiger charge is 2.44. The van der Waals surface area contributed by atoms with Crippen molar-refractivity contribution in [3.8, 4) is 5.75 Å². The van der Waals surface area contributed by atoms with Crippen LogP contribution in [0.25, 0.3) is 10.2 Å². The van der Waals surface area contributed by atoms with Crippen LogP contribution in [0.5, 0.6) is 5.75 Å². The van der Waals surface area contributed by atoms with Crippen molar-refractivity contribution in [2.75, 3.05) is 32.7 Å². The zero-order valence-corrected chi connectivity index (χ0v) is 24.5. The van der Waals surface area contributed by atoms with Crippen LogP contribution < -0.4 is 15.9 Å². The molecule has 7 nitrogen and oxygen atoms in total. The van der Waals surface area contributed by atoms with Crippen LogP contribution in [0.3, 0.4) is 0 Å². The minimum absolute atomic E-state index is 0.0163. The monoisotopic (exact) mass is 615 g/mol. The van der Waals surface area contributed by atoms with Crippen molar-refractivity contribution in [1.82, 2.24) is 10.3 Å². The van der Waals surface area contributed by atoms with Crippen molar-refractivity contribution >= 4 is 50.7 Å². The maximum Gasteiger partial charge on any atom is 0.305 e. The number of alkyl halides is 2. The van der Waals surface area contributed by atoms with Gasteiger partial charge in [-0.25, -0.2) is 8.78 Å². The van der Waals surface area contributed by atoms with E-state index in [1.54, 1.807) is 12.1 Å². The number of phenols is 1. The van der Waals surface area contributed by atoms with E-state index in [1.807, 2.05) is 18.2 Å². The van der Waals surface area contributed by atoms with Crippen molar-refractivity contribution in [2.45, 2.75) is 56.9 Å². The fraction of sp³-hybridized carbons (Fsp3) is 0.500. The molecular weight excluding hydrogens is 581 g/mol. The van der Waals surface area contributed by atoms with Gasteiger partial charge in [-0.05, 0) is 42.3 Å². The number of aromatic nitrogens is 1. The Kier molecular flexibility index (Phi) is 10.1. The Hall–Kier alpha value is -2.24. The standard InChI is InChI=1S/C28H34Cl2F2N4O3S/c29-21-3-1-18(17-22(21)30)8-14-36(15-9-24(33)38,20-5-10-28(31,32)11-6-20)16-13-34-12-7-19-2-4-23(37)25-26(19)40-27(39)35-25/h1-4,17,20,34H,5-16H2,(H3-,33,35,37,38,39)/p+1. The number of hydrogen-bond donors (Lipinski definition) is 4. The van der Waals surface area contributed by atoms with Crippen LogP contribution in [0.1, 0.15) is 43.2 Å². The maximum absolute atomic E-state index is 14.1. The molecule has 1 fully saturated rings. The van der Waals surface area contributed by atoms with Gasteiger partial charge >= 0.3 is 4.87 Å². The minimum Gasteiger partial charge on any atom is -0.506 e. The summed E-state index contributed by atoms with van der Waals surface area (Å²) in [6, 6.07) is 8.87. The molecule has 12 heteroatoms. The average Bonchev–Trinajstić information content (AvgIpc) is 3.31. The topological polar surface area (TPSA) is 108 Å². The first-order valence-corrected chi connectivity index (χ1v) is 15.1. The number of fused-ring (bicyclic) bond motifs is 1. The third-order valence-corrected chi connectivity index (χ3v) is 9.74. The predicted octanol–water partition coefficient (Wildman–Crippen LogP) is 5.25. The van der Waals surface area contributed by atoms with E-state index in [2.05, 4.69) is 10.3 Å². The highest BCUT2D eigenvalue weighted by molar-refractivity contribution is 7.16. The molecule has 1 unspecified atom stereocenters. The van der Waals surface area contributed by atoms with Crippen LogP contribution in [0.2, 0.25) is 10.0 Å². The number of primary amides is 1. The van der Waals surface area contributed by atoms with Gasteiger partial charge in [0.2, 0.25) is 11.8 Å². The number of thiazole rings is 1. The molecule has 1 aliphatic carbocycles. The molecule has 1 aliphatic rings. The molecule has 0 bridgehead atoms. The van der Waals surface area contributed by atoms with Gasteiger partial charge in [-0.1, -0.05) is 46.7 Å². The quantitative estimate of drug-likeness (QED) is 0.156. The summed E-state index contributed by atoms with van der Waals surface area (Å²) in [6.45, 7) is 3.01. The van der Waals surface area contributed by atoms with E-state index in [-0.39, 0.29) is 35.9 Å². The van der Waals surface area contributed by atoms with Crippen molar-refractivity contribution in [3.05, 3.63) is 61.2 Å². The van der Waals surface area contributed by atoms with E-state index in [9.17, 15) is 23.5 Å². The number of quaternary nitrogens is 1. The smallest absolute Gasteiger partial charge is 0.305 e. The summed E-state index contributed by atoms with van der Waals surface area (Å²) in [6.07, 6.45) is 1.91. The van der Waals surface area contributed by atoms with Crippen LogP contribution in [0.4, 0.5) is 8.78 Å². The molecule has 1 aromatic heterocycles. The van der Waals surface area contributed by atoms with Gasteiger partial charge in [0.1, 0.15) is 11.3 Å². The zero-order valence-electron chi connectivity index (χ0n) is 22.2. The Morgan fingerprint density at radius 2 is 1.85 bits per heavy atom. The molecule has 0 aliphatic heterocycles. The first kappa shape index (κ1) is 30.7. The second-order valence-corrected chi connectivity index (χ2v) is 12.5. The molecule has 1 heterocycles. The Bertz CT molecular complexity index is 1390. The van der Waals surface area contributed by atoms with Crippen molar-refractivity contribution in [1.29, 1.82) is 0 Å². The number of aromatic hydroxyl groups is 1. The molecular formula is C28H35Cl2F2N4O3S+. The van der Waals surface area contributed by atoms with Crippen LogP contribution in [0, 0.1) is 0 Å². The number of nitrogens with zero attached hydrogens (tertiary/aromatic N) is 1. The van der Waals surface area contributed by atoms with Gasteiger partial charge in [0, 0.05) is 38.6 Å². The summed E-state index contributed by atoms with van der Waals surface area (Å²) in [4.78, 5) is 26.1. The van der Waals surface area contributed by atoms with E-state index in [1.165, 1.54) is 0 Å². The SMILES string of the molecule is NC(=O)CC[N+](CCNCCc1ccc(O)c2[nH]c(=O)sc12)(CCc1ccc(Cl)c(Cl)c1)C1CCC(F)(F)CC1. The molecule has 218 valence electrons. The number of nitrogens with one attached hydrogen (secondary N) is 2. The number of carbonyl (C=O) groups excluding carboxylic acids is 1. The Balaban J connectivity index is 1.47. The highest BCUT2D eigenvalue weighted by atomic mass is 35.5. The first-order valence-electron chi connectivity index (χ1n) is 13.5. The van der Waals surface area contributed by atoms with Crippen LogP contribution in [0.15, 0.2) is 35.1 Å². The average molecular weight is 617 g/mol. The second kappa shape index (κ2) is 13.2. The van der Waals surface area contributed by atoms with Gasteiger partial charge in [0.05, 0.1) is 46.8 Å². The number of rotatable bonds is 13. The Morgan fingerprint density at radius 1 is 1.10 bits per heavy atom. The summed E-state index contributed by atoms with van der Waals surface area (Å²) in [7, 11) is 0. The lowest BCUT2D eigenvalue weighted by Crippen LogP contribution is -2.61. The molecule has 0 radical (unpaired) electrons. The lowest BCUT2D eigenvalue weighted by Gasteiger charge is -2.47. The number of benzene rings is 2. The van der Waals surface area contributed by atoms with Crippen molar-refractivity contribution in [3.63, 3.8) is 0 Å². The fourth-order valence-electron chi connectivity index (χ4n) is 5.76.